The van der Waals surface area contributed by atoms with Crippen LogP contribution in [0.25, 0.3) is 22.2 Å². The molecule has 400 valence electrons. The lowest BCUT2D eigenvalue weighted by Gasteiger charge is -2.38. The lowest BCUT2D eigenvalue weighted by Crippen LogP contribution is -2.50. The number of halogens is 3. The maximum atomic E-state index is 12.4. The largest absolute Gasteiger partial charge is 0.481 e. The van der Waals surface area contributed by atoms with Crippen LogP contribution in [-0.4, -0.2) is 100 Å². The van der Waals surface area contributed by atoms with Gasteiger partial charge >= 0.3 is 12.2 Å². The van der Waals surface area contributed by atoms with Gasteiger partial charge in [-0.2, -0.15) is 10.2 Å². The van der Waals surface area contributed by atoms with Gasteiger partial charge in [-0.1, -0.05) is 47.5 Å². The molecule has 2 aliphatic rings. The number of aryl methyl sites for hydroxylation is 1. The molecule has 0 bridgehead atoms. The number of hydrogen-bond acceptors (Lipinski definition) is 11. The second-order valence-corrected chi connectivity index (χ2v) is 22.7. The van der Waals surface area contributed by atoms with Crippen LogP contribution in [0.3, 0.4) is 0 Å². The van der Waals surface area contributed by atoms with Gasteiger partial charge in [0.2, 0.25) is 5.88 Å². The molecule has 0 spiro atoms. The number of nitrogens with zero attached hydrogens (tertiary/aromatic N) is 8. The maximum Gasteiger partial charge on any atom is 0.407 e. The van der Waals surface area contributed by atoms with E-state index in [2.05, 4.69) is 63.1 Å². The topological polar surface area (TPSA) is 236 Å². The summed E-state index contributed by atoms with van der Waals surface area (Å²) in [5.41, 5.74) is 20.7. The monoisotopic (exact) mass is 1140 g/mol. The van der Waals surface area contributed by atoms with Crippen LogP contribution in [0.1, 0.15) is 96.8 Å². The predicted octanol–water partition coefficient (Wildman–Crippen LogP) is 12.2. The van der Waals surface area contributed by atoms with Crippen LogP contribution in [-0.2, 0) is 4.74 Å². The number of aromatic nitrogens is 5. The summed E-state index contributed by atoms with van der Waals surface area (Å²) in [4.78, 5) is 39.5. The van der Waals surface area contributed by atoms with Gasteiger partial charge in [0, 0.05) is 70.0 Å². The second-order valence-electron chi connectivity index (χ2n) is 21.0. The number of fused-ring (bicyclic) bond motifs is 2. The van der Waals surface area contributed by atoms with Crippen LogP contribution in [0.4, 0.5) is 32.3 Å². The van der Waals surface area contributed by atoms with Gasteiger partial charge < -0.3 is 46.9 Å². The standard InChI is InChI=1S/C31H36ClN7O3.C24H28BrClN6O2/c1-18-12-27(41-5)34-15-22(18)19-13-26-28(36-20-10-11-21(14-20)37-30(40)42-31(2,3)4)23(16-35-39(26)17-19)29(33)38-25-9-7-6-8-24(25)32;1-24(2,3)32(23(33)34)16-9-8-15(11-16)29-21-17(12-28-31-13-14(25)10-20(21)31)22(27)30-19-7-5-4-6-18(19)26/h6-9,12-13,15-17,20-21,36H,10-11,14H2,1-5H3,(H2,33,38)(H,37,40);4-7,10,12-13,15-16,29H,8-9,11H2,1-3H3,(H2,27,30)(H,33,34)/t20-,21+;15-,16+/m11/s1. The summed E-state index contributed by atoms with van der Waals surface area (Å²) in [6.07, 6.45) is 12.4. The number of carbonyl (C=O) groups is 2. The van der Waals surface area contributed by atoms with E-state index >= 15 is 0 Å². The first kappa shape index (κ1) is 55.2. The summed E-state index contributed by atoms with van der Waals surface area (Å²) < 4.78 is 15.2. The van der Waals surface area contributed by atoms with E-state index < -0.39 is 23.3 Å². The summed E-state index contributed by atoms with van der Waals surface area (Å²) in [5.74, 6) is 1.13. The summed E-state index contributed by atoms with van der Waals surface area (Å²) in [6, 6.07) is 20.5. The number of nitrogens with one attached hydrogen (secondary N) is 3. The fourth-order valence-electron chi connectivity index (χ4n) is 9.77. The van der Waals surface area contributed by atoms with Gasteiger partial charge in [-0.3, -0.25) is 0 Å². The Morgan fingerprint density at radius 3 is 1.86 bits per heavy atom. The van der Waals surface area contributed by atoms with Crippen molar-refractivity contribution in [2.45, 2.75) is 122 Å². The normalized spacial score (nSPS) is 18.0. The molecule has 2 aromatic carbocycles. The first-order valence-electron chi connectivity index (χ1n) is 25.0. The Morgan fingerprint density at radius 1 is 0.776 bits per heavy atom. The van der Waals surface area contributed by atoms with Crippen molar-refractivity contribution < 1.29 is 24.2 Å². The Bertz CT molecular complexity index is 3330. The fourth-order valence-corrected chi connectivity index (χ4v) is 10.5. The van der Waals surface area contributed by atoms with Gasteiger partial charge in [-0.15, -0.1) is 0 Å². The van der Waals surface area contributed by atoms with Crippen LogP contribution < -0.4 is 32.2 Å². The number of carbonyl (C=O) groups excluding carboxylic acids is 1. The number of carboxylic acid groups (broad SMARTS) is 1. The van der Waals surface area contributed by atoms with Crippen molar-refractivity contribution in [1.29, 1.82) is 0 Å². The van der Waals surface area contributed by atoms with Crippen molar-refractivity contribution in [2.24, 2.45) is 21.5 Å². The molecule has 76 heavy (non-hydrogen) atoms. The number of anilines is 2. The molecular weight excluding hydrogens is 1070 g/mol. The fraction of sp³-hybridized carbons (Fsp3) is 0.364. The first-order valence-corrected chi connectivity index (χ1v) is 26.5. The molecule has 2 saturated carbocycles. The maximum absolute atomic E-state index is 12.4. The summed E-state index contributed by atoms with van der Waals surface area (Å²) in [6.45, 7) is 13.4. The second kappa shape index (κ2) is 23.0. The van der Waals surface area contributed by atoms with Gasteiger partial charge in [-0.25, -0.2) is 33.6 Å². The van der Waals surface area contributed by atoms with Gasteiger partial charge in [-0.05, 0) is 145 Å². The number of nitrogens with two attached hydrogens (primary N) is 2. The molecule has 4 atom stereocenters. The van der Waals surface area contributed by atoms with E-state index in [1.165, 1.54) is 0 Å². The number of ether oxygens (including phenoxy) is 2. The molecule has 9 rings (SSSR count). The van der Waals surface area contributed by atoms with Gasteiger partial charge in [0.15, 0.2) is 0 Å². The van der Waals surface area contributed by atoms with E-state index in [9.17, 15) is 14.7 Å². The third-order valence-corrected chi connectivity index (χ3v) is 14.2. The average Bonchev–Trinajstić information content (AvgIpc) is 4.17. The van der Waals surface area contributed by atoms with Crippen molar-refractivity contribution in [2.75, 3.05) is 17.7 Å². The van der Waals surface area contributed by atoms with E-state index in [0.717, 1.165) is 75.7 Å². The highest BCUT2D eigenvalue weighted by Crippen LogP contribution is 2.37. The molecular formula is C55H64BrCl2N13O5. The van der Waals surface area contributed by atoms with Crippen molar-refractivity contribution >= 4 is 96.8 Å². The number of para-hydroxylation sites is 2. The molecule has 5 aromatic heterocycles. The molecule has 0 radical (unpaired) electrons. The molecule has 0 saturated heterocycles. The number of methoxy groups -OCH3 is 1. The Hall–Kier alpha value is -7.09. The van der Waals surface area contributed by atoms with Crippen LogP contribution >= 0.6 is 39.1 Å². The molecule has 7 aromatic rings. The highest BCUT2D eigenvalue weighted by atomic mass is 79.9. The molecule has 2 aliphatic carbocycles. The predicted molar refractivity (Wildman–Crippen MR) is 305 cm³/mol. The highest BCUT2D eigenvalue weighted by molar-refractivity contribution is 9.10. The molecule has 18 nitrogen and oxygen atoms in total. The third-order valence-electron chi connectivity index (χ3n) is 13.1. The molecule has 2 fully saturated rings. The number of hydrogen-bond donors (Lipinski definition) is 6. The molecule has 21 heteroatoms. The Morgan fingerprint density at radius 2 is 1.32 bits per heavy atom. The zero-order chi connectivity index (χ0) is 54.6. The van der Waals surface area contributed by atoms with Crippen molar-refractivity contribution in [3.8, 4) is 17.0 Å². The first-order chi connectivity index (χ1) is 36.0. The van der Waals surface area contributed by atoms with E-state index in [-0.39, 0.29) is 30.0 Å². The van der Waals surface area contributed by atoms with Gasteiger partial charge in [0.05, 0.1) is 74.5 Å². The summed E-state index contributed by atoms with van der Waals surface area (Å²) >= 11 is 16.2. The van der Waals surface area contributed by atoms with Crippen LogP contribution in [0.5, 0.6) is 5.88 Å². The molecule has 5 heterocycles. The third kappa shape index (κ3) is 13.1. The minimum Gasteiger partial charge on any atom is -0.481 e. The van der Waals surface area contributed by atoms with E-state index in [1.807, 2.05) is 108 Å². The quantitative estimate of drug-likeness (QED) is 0.0495. The average molecular weight is 1140 g/mol. The minimum absolute atomic E-state index is 0.0110. The lowest BCUT2D eigenvalue weighted by molar-refractivity contribution is 0.0504. The Balaban J connectivity index is 0.000000206. The van der Waals surface area contributed by atoms with Crippen molar-refractivity contribution in [3.63, 3.8) is 0 Å². The lowest BCUT2D eigenvalue weighted by atomic mass is 10.0. The zero-order valence-corrected chi connectivity index (χ0v) is 46.8. The number of pyridine rings is 1. The van der Waals surface area contributed by atoms with Crippen LogP contribution in [0, 0.1) is 6.92 Å². The van der Waals surface area contributed by atoms with Crippen LogP contribution in [0.2, 0.25) is 10.0 Å². The van der Waals surface area contributed by atoms with E-state index in [0.29, 0.717) is 50.7 Å². The summed E-state index contributed by atoms with van der Waals surface area (Å²) in [5, 5.41) is 30.3. The van der Waals surface area contributed by atoms with E-state index in [4.69, 9.17) is 44.1 Å². The number of alkyl carbamates (subject to hydrolysis) is 1. The number of benzene rings is 2. The molecule has 2 amide bonds. The Kier molecular flexibility index (Phi) is 16.7. The van der Waals surface area contributed by atoms with Crippen LogP contribution in [0.15, 0.2) is 112 Å². The van der Waals surface area contributed by atoms with E-state index in [1.54, 1.807) is 53.3 Å². The number of amidine groups is 2. The zero-order valence-electron chi connectivity index (χ0n) is 43.7. The van der Waals surface area contributed by atoms with Gasteiger partial charge in [0.1, 0.15) is 17.3 Å². The van der Waals surface area contributed by atoms with Crippen molar-refractivity contribution in [1.82, 2.24) is 34.4 Å². The summed E-state index contributed by atoms with van der Waals surface area (Å²) in [7, 11) is 1.60. The Labute approximate surface area is 460 Å². The highest BCUT2D eigenvalue weighted by Gasteiger charge is 2.38. The molecule has 0 unspecified atom stereocenters. The molecule has 8 N–H and O–H groups in total. The SMILES string of the molecule is CC(C)(C)N(C(=O)O)[C@H]1CC[C@@H](Nc2c(/C(N)=N/c3ccccc3Cl)cnn3cc(Br)cc23)C1.COc1cc(C)c(-c2cc3c(N[C@@H]4CC[C@H](NC(=O)OC(C)(C)C)C4)c(/C(N)=N/c4ccccc4Cl)cnn3c2)cn1. The number of aliphatic imine (C=N–C) groups is 2. The minimum atomic E-state index is -0.892. The van der Waals surface area contributed by atoms with Crippen molar-refractivity contribution in [3.05, 3.63) is 129 Å². The smallest absolute Gasteiger partial charge is 0.407 e. The van der Waals surface area contributed by atoms with Gasteiger partial charge in [0.25, 0.3) is 0 Å². The molecule has 0 aliphatic heterocycles. The number of rotatable bonds is 12. The number of amides is 2.